The number of anilines is 4. The van der Waals surface area contributed by atoms with Crippen molar-refractivity contribution in [1.29, 1.82) is 21.0 Å². The molecule has 8 aromatic rings. The van der Waals surface area contributed by atoms with Gasteiger partial charge in [0.25, 0.3) is 23.6 Å². The molecule has 146 heavy (non-hydrogen) atoms. The van der Waals surface area contributed by atoms with E-state index in [1.165, 1.54) is 55.1 Å². The summed E-state index contributed by atoms with van der Waals surface area (Å²) in [6.45, 7) is 8.78. The normalized spacial score (nSPS) is 18.6. The third kappa shape index (κ3) is 30.7. The molecule has 4 aliphatic heterocycles. The van der Waals surface area contributed by atoms with E-state index in [2.05, 4.69) is 166 Å². The highest BCUT2D eigenvalue weighted by Crippen LogP contribution is 2.53. The molecule has 15 N–H and O–H groups in total. The highest BCUT2D eigenvalue weighted by molar-refractivity contribution is 9.11. The van der Waals surface area contributed by atoms with Gasteiger partial charge in [0.15, 0.2) is 47.0 Å². The van der Waals surface area contributed by atoms with Crippen molar-refractivity contribution in [2.75, 3.05) is 99.8 Å². The molecule has 40 heteroatoms. The first-order chi connectivity index (χ1) is 70.0. The summed E-state index contributed by atoms with van der Waals surface area (Å²) in [4.78, 5) is 126. The Hall–Kier alpha value is -13.7. The number of carbonyl (C=O) groups is 8. The fraction of sp³-hybridized carbons (Fsp3) is 0.415. The van der Waals surface area contributed by atoms with Gasteiger partial charge in [-0.2, -0.15) is 21.0 Å². The number of guanidine groups is 4. The second-order valence-electron chi connectivity index (χ2n) is 37.7. The van der Waals surface area contributed by atoms with Crippen molar-refractivity contribution in [3.63, 3.8) is 0 Å². The van der Waals surface area contributed by atoms with Crippen LogP contribution >= 0.6 is 59.4 Å². The van der Waals surface area contributed by atoms with Gasteiger partial charge in [0, 0.05) is 97.7 Å². The zero-order chi connectivity index (χ0) is 105. The lowest BCUT2D eigenvalue weighted by Crippen LogP contribution is -2.42. The number of Topliss-reactive ketones (excluding diaryl/α,β-unsaturated/α-hetero) is 4. The van der Waals surface area contributed by atoms with Crippen LogP contribution in [0.4, 0.5) is 35.9 Å². The van der Waals surface area contributed by atoms with Gasteiger partial charge < -0.3 is 79.1 Å². The van der Waals surface area contributed by atoms with Crippen LogP contribution in [0.1, 0.15) is 240 Å². The third-order valence-corrected chi connectivity index (χ3v) is 28.1. The average Bonchev–Trinajstić information content (AvgIpc) is 1.63. The largest absolute Gasteiger partial charge is 0.508 e. The summed E-state index contributed by atoms with van der Waals surface area (Å²) in [6.07, 6.45) is 13.0. The van der Waals surface area contributed by atoms with Crippen molar-refractivity contribution in [3.8, 4) is 35.8 Å². The molecule has 33 nitrogen and oxygen atoms in total. The molecular weight excluding hydrogens is 2090 g/mol. The van der Waals surface area contributed by atoms with Crippen molar-refractivity contribution >= 4 is 153 Å². The van der Waals surface area contributed by atoms with Crippen LogP contribution in [0.3, 0.4) is 0 Å². The molecule has 4 saturated carbocycles. The van der Waals surface area contributed by atoms with Crippen LogP contribution in [-0.2, 0) is 40.8 Å². The van der Waals surface area contributed by atoms with Crippen LogP contribution in [-0.4, -0.2) is 199 Å². The van der Waals surface area contributed by atoms with Crippen LogP contribution in [0.25, 0.3) is 0 Å². The number of pyridine rings is 2. The summed E-state index contributed by atoms with van der Waals surface area (Å²) in [5.74, 6) is -1.03. The standard InChI is InChI=1S/C27H29BrFN5O3.C27H30BrN5O4.C26H28BrFN6O2.C26H28ClFN6O2/c1-2-16(17-5-19(10-20(28)6-17)27(15-30)3-4-27)8-24(36)14-31-25(37)18-7-22(11-23(35)9-18)34-26-32-12-21(29)13-33-26;1-2-16(17-5-19(10-20(28)6-17)27(15-29)3-4-27)8-23(35)12-30-25(37)18-7-21(11-22(34)9-18)33-26-31-13-24(36)14-32-26;2*1-2-16(17-5-19(9-20(27)6-17)26(15-29)3-4-26)8-23(35)14-31-24(36)18-7-22(13-30-10-18)34-25-32-11-21(28)12-33-25/h5-7,9-11,16,21,35H,2-4,8,12-14H2,1H3,(H,31,37)(H2,32,33,34);5-7,9-11,16,24,34,36H,2-4,8,12-14H2,1H3,(H,30,37)(H2,31,32,33);2*5-7,9-10,13,16,21H,2-4,8,11-12,14H2,1H3,(H,31,36)(H2,32,33,34)/t4*16-/m1111/s1. The number of aromatic nitrogens is 2. The van der Waals surface area contributed by atoms with Gasteiger partial charge in [-0.15, -0.1) is 0 Å². The number of rotatable bonds is 36. The maximum Gasteiger partial charge on any atom is 0.253 e. The molecule has 4 unspecified atom stereocenters. The predicted molar refractivity (Wildman–Crippen MR) is 561 cm³/mol. The highest BCUT2D eigenvalue weighted by Gasteiger charge is 2.48. The molecule has 6 heterocycles. The molecule has 764 valence electrons. The van der Waals surface area contributed by atoms with E-state index in [0.717, 1.165) is 135 Å². The number of nitrogens with zero attached hydrogens (tertiary/aromatic N) is 10. The van der Waals surface area contributed by atoms with Gasteiger partial charge in [0.2, 0.25) is 0 Å². The van der Waals surface area contributed by atoms with Gasteiger partial charge in [-0.1, -0.05) is 111 Å². The molecule has 2 aromatic heterocycles. The number of halogens is 7. The molecule has 4 fully saturated rings. The minimum atomic E-state index is -1.06. The number of β-amino-alcohol motifs (C(OH)–C–C–N with tert-alkyl or cyclic N) is 1. The Morgan fingerprint density at radius 3 is 0.925 bits per heavy atom. The van der Waals surface area contributed by atoms with E-state index in [9.17, 15) is 87.9 Å². The van der Waals surface area contributed by atoms with Crippen LogP contribution in [0, 0.1) is 45.3 Å². The summed E-state index contributed by atoms with van der Waals surface area (Å²) >= 11 is 17.0. The number of aromatic hydroxyl groups is 2. The molecular formula is C106H115Br3ClF3N22O11. The smallest absolute Gasteiger partial charge is 0.253 e. The summed E-state index contributed by atoms with van der Waals surface area (Å²) in [5.41, 5.74) is 8.97. The van der Waals surface area contributed by atoms with E-state index in [4.69, 9.17) is 11.6 Å². The molecule has 0 spiro atoms. The van der Waals surface area contributed by atoms with Crippen LogP contribution < -0.4 is 63.8 Å². The minimum Gasteiger partial charge on any atom is -0.508 e. The number of carbonyl (C=O) groups excluding carboxylic acids is 8. The average molecular weight is 2210 g/mol. The van der Waals surface area contributed by atoms with Gasteiger partial charge in [0.05, 0.1) is 159 Å². The number of hydrogen-bond acceptors (Lipinski definition) is 29. The van der Waals surface area contributed by atoms with Gasteiger partial charge in [-0.3, -0.25) is 53.3 Å². The number of hydrogen-bond donors (Lipinski definition) is 15. The van der Waals surface area contributed by atoms with Crippen molar-refractivity contribution in [3.05, 3.63) is 231 Å². The Balaban J connectivity index is 0.000000163. The summed E-state index contributed by atoms with van der Waals surface area (Å²) < 4.78 is 42.3. The zero-order valence-electron chi connectivity index (χ0n) is 81.0. The number of phenolic OH excluding ortho intramolecular Hbond substituents is 2. The zero-order valence-corrected chi connectivity index (χ0v) is 86.5. The number of benzene rings is 6. The molecule has 0 saturated heterocycles. The van der Waals surface area contributed by atoms with Crippen molar-refractivity contribution in [2.24, 2.45) is 20.0 Å². The molecule has 4 aliphatic carbocycles. The monoisotopic (exact) mass is 2200 g/mol. The Morgan fingerprint density at radius 2 is 0.651 bits per heavy atom. The lowest BCUT2D eigenvalue weighted by Gasteiger charge is -2.20. The summed E-state index contributed by atoms with van der Waals surface area (Å²) in [7, 11) is 0. The van der Waals surface area contributed by atoms with Gasteiger partial charge in [-0.25, -0.2) is 28.1 Å². The van der Waals surface area contributed by atoms with Gasteiger partial charge in [0.1, 0.15) is 30.0 Å². The topological polar surface area (TPSA) is 512 Å². The van der Waals surface area contributed by atoms with E-state index >= 15 is 0 Å². The fourth-order valence-electron chi connectivity index (χ4n) is 17.2. The number of amides is 4. The van der Waals surface area contributed by atoms with E-state index in [-0.39, 0.29) is 173 Å². The predicted octanol–water partition coefficient (Wildman–Crippen LogP) is 15.5. The second-order valence-corrected chi connectivity index (χ2v) is 40.9. The molecule has 8 aliphatic rings. The maximum absolute atomic E-state index is 13.2. The van der Waals surface area contributed by atoms with Crippen molar-refractivity contribution < 1.29 is 66.8 Å². The number of nitrogens with one attached hydrogen (secondary N) is 12. The summed E-state index contributed by atoms with van der Waals surface area (Å²) in [6, 6.07) is 45.1. The van der Waals surface area contributed by atoms with E-state index in [1.807, 2.05) is 100 Å². The molecule has 8 atom stereocenters. The second kappa shape index (κ2) is 50.4. The van der Waals surface area contributed by atoms with E-state index in [0.29, 0.717) is 63.7 Å². The van der Waals surface area contributed by atoms with Crippen LogP contribution in [0.2, 0.25) is 5.02 Å². The number of aliphatic imine (C=N–C) groups is 4. The van der Waals surface area contributed by atoms with Crippen LogP contribution in [0.15, 0.2) is 180 Å². The summed E-state index contributed by atoms with van der Waals surface area (Å²) in [5, 5.41) is 102. The first kappa shape index (κ1) is 110. The molecule has 16 rings (SSSR count). The lowest BCUT2D eigenvalue weighted by molar-refractivity contribution is -0.119. The fourth-order valence-corrected chi connectivity index (χ4v) is 19.0. The minimum absolute atomic E-state index is 0.0120. The third-order valence-electron chi connectivity index (χ3n) is 26.5. The molecule has 6 aromatic carbocycles. The van der Waals surface area contributed by atoms with Gasteiger partial charge in [-0.05, 0) is 230 Å². The van der Waals surface area contributed by atoms with E-state index in [1.54, 1.807) is 18.2 Å². The molecule has 0 radical (unpaired) electrons. The quantitative estimate of drug-likeness (QED) is 0.0173. The maximum atomic E-state index is 13.2. The first-order valence-electron chi connectivity index (χ1n) is 48.5. The molecule has 4 amide bonds. The Bertz CT molecular complexity index is 6140. The Kier molecular flexibility index (Phi) is 37.8. The number of alkyl halides is 3. The highest BCUT2D eigenvalue weighted by atomic mass is 79.9. The van der Waals surface area contributed by atoms with Crippen LogP contribution in [0.5, 0.6) is 11.5 Å². The number of aliphatic hydroxyl groups excluding tert-OH is 1. The van der Waals surface area contributed by atoms with Crippen molar-refractivity contribution in [2.45, 2.75) is 200 Å². The van der Waals surface area contributed by atoms with Crippen molar-refractivity contribution in [1.82, 2.24) is 52.5 Å². The number of ketones is 4. The Labute approximate surface area is 874 Å². The first-order valence-corrected chi connectivity index (χ1v) is 51.3. The SMILES string of the molecule is CC[C@H](CC(=O)CNC(=O)c1cc(O)cc(NC2=NCC(F)CN2)c1)c1cc(Br)cc(C2(C#N)CC2)c1.CC[C@H](CC(=O)CNC(=O)c1cc(O)cc(NC2=NCC(O)CN2)c1)c1cc(Br)cc(C2(C#N)CC2)c1.CC[C@H](CC(=O)CNC(=O)c1cncc(NC2=NCC(F)CN2)c1)c1cc(Br)cc(C2(C#N)CC2)c1.CC[C@H](CC(=O)CNC(=O)c1cncc(NC2=NCC(F)CN2)c1)c1cc(Cl)cc(C2(C#N)CC2)c1. The molecule has 0 bridgehead atoms. The van der Waals surface area contributed by atoms with E-state index < -0.39 is 69.9 Å². The number of nitriles is 4. The Morgan fingerprint density at radius 1 is 0.377 bits per heavy atom. The van der Waals surface area contributed by atoms with Gasteiger partial charge >= 0.3 is 0 Å². The lowest BCUT2D eigenvalue weighted by atomic mass is 9.87. The number of aliphatic hydroxyl groups is 1. The number of phenols is 2.